The minimum Gasteiger partial charge on any atom is -0.457 e. The van der Waals surface area contributed by atoms with Crippen LogP contribution in [-0.2, 0) is 4.74 Å². The van der Waals surface area contributed by atoms with Crippen LogP contribution in [0.25, 0.3) is 22.1 Å². The molecule has 0 spiro atoms. The number of anilines is 1. The van der Waals surface area contributed by atoms with Gasteiger partial charge >= 0.3 is 5.97 Å². The number of esters is 1. The minimum atomic E-state index is -0.532. The lowest BCUT2D eigenvalue weighted by Crippen LogP contribution is -2.13. The molecule has 1 heterocycles. The Balaban J connectivity index is 1.65. The number of carbonyl (C=O) groups is 2. The largest absolute Gasteiger partial charge is 0.457 e. The molecule has 1 aromatic heterocycles. The van der Waals surface area contributed by atoms with Crippen molar-refractivity contribution in [3.63, 3.8) is 0 Å². The monoisotopic (exact) mass is 427 g/mol. The van der Waals surface area contributed by atoms with Gasteiger partial charge in [-0.25, -0.2) is 4.79 Å². The zero-order valence-corrected chi connectivity index (χ0v) is 18.6. The molecule has 5 nitrogen and oxygen atoms in total. The summed E-state index contributed by atoms with van der Waals surface area (Å²) in [6.45, 7) is 7.50. The maximum absolute atomic E-state index is 13.2. The van der Waals surface area contributed by atoms with Gasteiger partial charge in [0.05, 0.1) is 11.8 Å². The quantitative estimate of drug-likeness (QED) is 0.368. The molecule has 1 amide bonds. The molecule has 4 aromatic rings. The van der Waals surface area contributed by atoms with Gasteiger partial charge in [0.1, 0.15) is 0 Å². The van der Waals surface area contributed by atoms with Crippen LogP contribution in [0.2, 0.25) is 0 Å². The second kappa shape index (κ2) is 8.71. The van der Waals surface area contributed by atoms with Crippen LogP contribution in [0.3, 0.4) is 0 Å². The van der Waals surface area contributed by atoms with Gasteiger partial charge in [0.15, 0.2) is 5.58 Å². The van der Waals surface area contributed by atoms with Crippen molar-refractivity contribution in [3.8, 4) is 11.1 Å². The van der Waals surface area contributed by atoms with Gasteiger partial charge in [-0.05, 0) is 62.6 Å². The van der Waals surface area contributed by atoms with Gasteiger partial charge in [0.2, 0.25) is 5.76 Å². The highest BCUT2D eigenvalue weighted by molar-refractivity contribution is 6.09. The first-order chi connectivity index (χ1) is 15.3. The van der Waals surface area contributed by atoms with Gasteiger partial charge in [-0.2, -0.15) is 0 Å². The maximum atomic E-state index is 13.2. The van der Waals surface area contributed by atoms with E-state index in [1.54, 1.807) is 32.0 Å². The SMILES string of the molecule is Cc1cccc(-c2ccc(C)c(C(=O)Nc3cccc4cc(C(=O)OC(C)C)oc34)c2)c1. The molecule has 3 aromatic carbocycles. The van der Waals surface area contributed by atoms with Crippen LogP contribution in [0.5, 0.6) is 0 Å². The lowest BCUT2D eigenvalue weighted by atomic mass is 9.98. The molecule has 0 saturated carbocycles. The third-order valence-corrected chi connectivity index (χ3v) is 5.17. The molecule has 32 heavy (non-hydrogen) atoms. The summed E-state index contributed by atoms with van der Waals surface area (Å²) in [5.41, 5.74) is 5.56. The normalized spacial score (nSPS) is 11.0. The number of hydrogen-bond acceptors (Lipinski definition) is 4. The molecule has 0 aliphatic rings. The lowest BCUT2D eigenvalue weighted by Gasteiger charge is -2.11. The fourth-order valence-electron chi connectivity index (χ4n) is 3.59. The molecular weight excluding hydrogens is 402 g/mol. The number of hydrogen-bond donors (Lipinski definition) is 1. The summed E-state index contributed by atoms with van der Waals surface area (Å²) in [5, 5.41) is 3.65. The Kier molecular flexibility index (Phi) is 5.82. The van der Waals surface area contributed by atoms with Gasteiger partial charge in [0, 0.05) is 10.9 Å². The molecule has 0 aliphatic heterocycles. The maximum Gasteiger partial charge on any atom is 0.374 e. The van der Waals surface area contributed by atoms with Gasteiger partial charge in [-0.3, -0.25) is 4.79 Å². The van der Waals surface area contributed by atoms with E-state index in [4.69, 9.17) is 9.15 Å². The highest BCUT2D eigenvalue weighted by Crippen LogP contribution is 2.29. The number of para-hydroxylation sites is 1. The van der Waals surface area contributed by atoms with Crippen molar-refractivity contribution in [1.29, 1.82) is 0 Å². The van der Waals surface area contributed by atoms with E-state index >= 15 is 0 Å². The topological polar surface area (TPSA) is 68.5 Å². The van der Waals surface area contributed by atoms with E-state index in [1.165, 1.54) is 0 Å². The van der Waals surface area contributed by atoms with Gasteiger partial charge in [-0.1, -0.05) is 54.1 Å². The van der Waals surface area contributed by atoms with E-state index in [-0.39, 0.29) is 17.8 Å². The first-order valence-electron chi connectivity index (χ1n) is 10.5. The molecule has 0 atom stereocenters. The average molecular weight is 428 g/mol. The van der Waals surface area contributed by atoms with E-state index in [0.717, 1.165) is 22.3 Å². The van der Waals surface area contributed by atoms with Gasteiger partial charge in [-0.15, -0.1) is 0 Å². The molecule has 5 heteroatoms. The summed E-state index contributed by atoms with van der Waals surface area (Å²) in [5.74, 6) is -0.671. The zero-order chi connectivity index (χ0) is 22.8. The van der Waals surface area contributed by atoms with Crippen molar-refractivity contribution in [2.75, 3.05) is 5.32 Å². The Morgan fingerprint density at radius 2 is 1.66 bits per heavy atom. The third-order valence-electron chi connectivity index (χ3n) is 5.17. The van der Waals surface area contributed by atoms with Crippen LogP contribution in [0.15, 0.2) is 71.1 Å². The van der Waals surface area contributed by atoms with Crippen molar-refractivity contribution in [1.82, 2.24) is 0 Å². The fraction of sp³-hybridized carbons (Fsp3) is 0.185. The van der Waals surface area contributed by atoms with Crippen molar-refractivity contribution >= 4 is 28.5 Å². The summed E-state index contributed by atoms with van der Waals surface area (Å²) in [6, 6.07) is 21.0. The summed E-state index contributed by atoms with van der Waals surface area (Å²) >= 11 is 0. The Hall–Kier alpha value is -3.86. The van der Waals surface area contributed by atoms with E-state index in [1.807, 2.05) is 56.3 Å². The van der Waals surface area contributed by atoms with Crippen LogP contribution >= 0.6 is 0 Å². The highest BCUT2D eigenvalue weighted by Gasteiger charge is 2.18. The summed E-state index contributed by atoms with van der Waals surface area (Å²) < 4.78 is 11.0. The molecule has 0 unspecified atom stereocenters. The Labute approximate surface area is 187 Å². The number of fused-ring (bicyclic) bond motifs is 1. The van der Waals surface area contributed by atoms with Crippen LogP contribution in [0.1, 0.15) is 45.9 Å². The molecule has 162 valence electrons. The second-order valence-corrected chi connectivity index (χ2v) is 8.14. The lowest BCUT2D eigenvalue weighted by molar-refractivity contribution is 0.0344. The Bertz CT molecular complexity index is 1320. The van der Waals surface area contributed by atoms with E-state index in [9.17, 15) is 9.59 Å². The number of carbonyl (C=O) groups excluding carboxylic acids is 2. The molecular formula is C27H25NO4. The first-order valence-corrected chi connectivity index (χ1v) is 10.5. The van der Waals surface area contributed by atoms with Crippen molar-refractivity contribution in [3.05, 3.63) is 89.2 Å². The Morgan fingerprint density at radius 3 is 2.41 bits per heavy atom. The number of benzene rings is 3. The predicted molar refractivity (Wildman–Crippen MR) is 126 cm³/mol. The summed E-state index contributed by atoms with van der Waals surface area (Å²) in [4.78, 5) is 25.4. The van der Waals surface area contributed by atoms with Crippen LogP contribution in [0, 0.1) is 13.8 Å². The Morgan fingerprint density at radius 1 is 0.906 bits per heavy atom. The predicted octanol–water partition coefficient (Wildman–Crippen LogP) is 6.53. The highest BCUT2D eigenvalue weighted by atomic mass is 16.6. The second-order valence-electron chi connectivity index (χ2n) is 8.14. The van der Waals surface area contributed by atoms with E-state index < -0.39 is 5.97 Å². The molecule has 0 bridgehead atoms. The molecule has 0 saturated heterocycles. The smallest absolute Gasteiger partial charge is 0.374 e. The van der Waals surface area contributed by atoms with Gasteiger partial charge < -0.3 is 14.5 Å². The molecule has 0 radical (unpaired) electrons. The van der Waals surface area contributed by atoms with Crippen LogP contribution in [-0.4, -0.2) is 18.0 Å². The number of ether oxygens (including phenoxy) is 1. The molecule has 0 fully saturated rings. The van der Waals surface area contributed by atoms with Crippen molar-refractivity contribution in [2.24, 2.45) is 0 Å². The first kappa shape index (κ1) is 21.4. The number of rotatable bonds is 5. The third kappa shape index (κ3) is 4.42. The fourth-order valence-corrected chi connectivity index (χ4v) is 3.59. The van der Waals surface area contributed by atoms with Crippen molar-refractivity contribution < 1.29 is 18.7 Å². The number of aryl methyl sites for hydroxylation is 2. The van der Waals surface area contributed by atoms with Crippen LogP contribution in [0.4, 0.5) is 5.69 Å². The molecule has 0 aliphatic carbocycles. The summed E-state index contributed by atoms with van der Waals surface area (Å²) in [6.07, 6.45) is -0.251. The molecule has 1 N–H and O–H groups in total. The zero-order valence-electron chi connectivity index (χ0n) is 18.6. The van der Waals surface area contributed by atoms with Crippen LogP contribution < -0.4 is 5.32 Å². The van der Waals surface area contributed by atoms with E-state index in [2.05, 4.69) is 11.4 Å². The standard InChI is InChI=1S/C27H25NO4/c1-16(2)31-27(30)24-15-21-9-6-10-23(25(21)32-24)28-26(29)22-14-20(12-11-18(22)4)19-8-5-7-17(3)13-19/h5-16H,1-4H3,(H,28,29). The van der Waals surface area contributed by atoms with Crippen molar-refractivity contribution in [2.45, 2.75) is 33.8 Å². The molecule has 4 rings (SSSR count). The van der Waals surface area contributed by atoms with Gasteiger partial charge in [0.25, 0.3) is 5.91 Å². The minimum absolute atomic E-state index is 0.105. The number of furan rings is 1. The summed E-state index contributed by atoms with van der Waals surface area (Å²) in [7, 11) is 0. The average Bonchev–Trinajstić information content (AvgIpc) is 3.19. The van der Waals surface area contributed by atoms with E-state index in [0.29, 0.717) is 22.2 Å². The number of nitrogens with one attached hydrogen (secondary N) is 1. The number of amides is 1.